The summed E-state index contributed by atoms with van der Waals surface area (Å²) in [7, 11) is 3.72. The van der Waals surface area contributed by atoms with E-state index in [1.807, 2.05) is 32.4 Å². The number of carbonyl (C=O) groups excluding carboxylic acids is 1. The number of hydrogen-bond donors (Lipinski definition) is 0. The van der Waals surface area contributed by atoms with Gasteiger partial charge in [-0.3, -0.25) is 0 Å². The summed E-state index contributed by atoms with van der Waals surface area (Å²) >= 11 is 0. The molecule has 1 aliphatic heterocycles. The molecule has 0 radical (unpaired) electrons. The fourth-order valence-electron chi connectivity index (χ4n) is 3.89. The Morgan fingerprint density at radius 3 is 2.66 bits per heavy atom. The molecule has 2 aromatic rings. The first-order valence-electron chi connectivity index (χ1n) is 10.1. The summed E-state index contributed by atoms with van der Waals surface area (Å²) in [6.45, 7) is 6.66. The molecule has 1 amide bonds. The SMILES string of the molecule is COC1CC(c2nc3c(O[C@H]4CCN(C(=O)OC(C)(C)C)C4)ncnc3n2C)C1. The Hall–Kier alpha value is -2.42. The van der Waals surface area contributed by atoms with Gasteiger partial charge in [0.1, 0.15) is 23.9 Å². The third kappa shape index (κ3) is 4.01. The summed E-state index contributed by atoms with van der Waals surface area (Å²) in [4.78, 5) is 27.5. The Bertz CT molecular complexity index is 900. The molecule has 1 saturated carbocycles. The van der Waals surface area contributed by atoms with Crippen molar-refractivity contribution in [1.29, 1.82) is 0 Å². The lowest BCUT2D eigenvalue weighted by Crippen LogP contribution is -2.36. The van der Waals surface area contributed by atoms with Gasteiger partial charge in [-0.2, -0.15) is 4.98 Å². The highest BCUT2D eigenvalue weighted by Crippen LogP contribution is 2.39. The van der Waals surface area contributed by atoms with E-state index in [4.69, 9.17) is 19.2 Å². The van der Waals surface area contributed by atoms with E-state index in [-0.39, 0.29) is 12.2 Å². The predicted octanol–water partition coefficient (Wildman–Crippen LogP) is 2.64. The molecule has 29 heavy (non-hydrogen) atoms. The van der Waals surface area contributed by atoms with E-state index < -0.39 is 5.60 Å². The lowest BCUT2D eigenvalue weighted by atomic mass is 9.81. The molecular formula is C20H29N5O4. The van der Waals surface area contributed by atoms with E-state index in [0.717, 1.165) is 30.7 Å². The average molecular weight is 403 g/mol. The summed E-state index contributed by atoms with van der Waals surface area (Å²) < 4.78 is 19.0. The molecule has 4 rings (SSSR count). The van der Waals surface area contributed by atoms with E-state index >= 15 is 0 Å². The van der Waals surface area contributed by atoms with Crippen molar-refractivity contribution in [3.63, 3.8) is 0 Å². The molecule has 0 bridgehead atoms. The quantitative estimate of drug-likeness (QED) is 0.775. The molecule has 2 fully saturated rings. The van der Waals surface area contributed by atoms with Crippen LogP contribution in [0.1, 0.15) is 51.8 Å². The molecular weight excluding hydrogens is 374 g/mol. The fourth-order valence-corrected chi connectivity index (χ4v) is 3.89. The smallest absolute Gasteiger partial charge is 0.410 e. The van der Waals surface area contributed by atoms with Crippen LogP contribution in [0, 0.1) is 0 Å². The summed E-state index contributed by atoms with van der Waals surface area (Å²) in [5.74, 6) is 1.82. The van der Waals surface area contributed by atoms with Crippen LogP contribution in [0.3, 0.4) is 0 Å². The third-order valence-electron chi connectivity index (χ3n) is 5.53. The Balaban J connectivity index is 1.47. The number of hydrogen-bond acceptors (Lipinski definition) is 7. The number of likely N-dealkylation sites (tertiary alicyclic amines) is 1. The molecule has 3 heterocycles. The van der Waals surface area contributed by atoms with Crippen LogP contribution in [0.4, 0.5) is 4.79 Å². The van der Waals surface area contributed by atoms with Crippen LogP contribution in [0.25, 0.3) is 11.2 Å². The number of ether oxygens (including phenoxy) is 3. The highest BCUT2D eigenvalue weighted by Gasteiger charge is 2.35. The van der Waals surface area contributed by atoms with Crippen molar-refractivity contribution in [3.8, 4) is 5.88 Å². The van der Waals surface area contributed by atoms with E-state index in [1.54, 1.807) is 12.0 Å². The van der Waals surface area contributed by atoms with Gasteiger partial charge in [0, 0.05) is 33.0 Å². The van der Waals surface area contributed by atoms with Gasteiger partial charge in [0.05, 0.1) is 12.6 Å². The minimum absolute atomic E-state index is 0.146. The number of methoxy groups -OCH3 is 1. The van der Waals surface area contributed by atoms with Crippen molar-refractivity contribution in [2.24, 2.45) is 7.05 Å². The van der Waals surface area contributed by atoms with E-state index in [1.165, 1.54) is 6.33 Å². The Morgan fingerprint density at radius 1 is 1.21 bits per heavy atom. The van der Waals surface area contributed by atoms with Crippen LogP contribution >= 0.6 is 0 Å². The topological polar surface area (TPSA) is 91.6 Å². The Morgan fingerprint density at radius 2 is 1.97 bits per heavy atom. The first-order chi connectivity index (χ1) is 13.7. The van der Waals surface area contributed by atoms with Crippen molar-refractivity contribution < 1.29 is 19.0 Å². The van der Waals surface area contributed by atoms with Gasteiger partial charge in [0.2, 0.25) is 5.88 Å². The highest BCUT2D eigenvalue weighted by atomic mass is 16.6. The van der Waals surface area contributed by atoms with Crippen LogP contribution in [-0.4, -0.2) is 68.5 Å². The Kier molecular flexibility index (Phi) is 5.10. The molecule has 0 aromatic carbocycles. The maximum Gasteiger partial charge on any atom is 0.410 e. The molecule has 2 aromatic heterocycles. The van der Waals surface area contributed by atoms with Gasteiger partial charge in [-0.25, -0.2) is 14.8 Å². The maximum absolute atomic E-state index is 12.3. The number of nitrogens with zero attached hydrogens (tertiary/aromatic N) is 5. The van der Waals surface area contributed by atoms with Gasteiger partial charge >= 0.3 is 6.09 Å². The van der Waals surface area contributed by atoms with Crippen molar-refractivity contribution in [2.45, 2.75) is 63.8 Å². The standard InChI is InChI=1S/C20H29N5O4/c1-20(2,3)29-19(26)25-7-6-13(10-25)28-18-15-17(21-11-22-18)24(4)16(23-15)12-8-14(9-12)27-5/h11-14H,6-10H2,1-5H3/t12?,13-,14?/m0/s1. The zero-order chi connectivity index (χ0) is 20.8. The van der Waals surface area contributed by atoms with Gasteiger partial charge in [-0.15, -0.1) is 0 Å². The lowest BCUT2D eigenvalue weighted by Gasteiger charge is -2.33. The molecule has 9 heteroatoms. The number of rotatable bonds is 4. The van der Waals surface area contributed by atoms with Crippen molar-refractivity contribution >= 4 is 17.3 Å². The van der Waals surface area contributed by atoms with Crippen LogP contribution < -0.4 is 4.74 Å². The zero-order valence-corrected chi connectivity index (χ0v) is 17.7. The molecule has 0 N–H and O–H groups in total. The van der Waals surface area contributed by atoms with E-state index in [9.17, 15) is 4.79 Å². The Labute approximate surface area is 170 Å². The summed E-state index contributed by atoms with van der Waals surface area (Å²) in [5, 5.41) is 0. The average Bonchev–Trinajstić information content (AvgIpc) is 3.19. The number of aromatic nitrogens is 4. The highest BCUT2D eigenvalue weighted by molar-refractivity contribution is 5.77. The van der Waals surface area contributed by atoms with Crippen LogP contribution in [0.5, 0.6) is 5.88 Å². The summed E-state index contributed by atoms with van der Waals surface area (Å²) in [6.07, 6.45) is 4.00. The number of aryl methyl sites for hydroxylation is 1. The van der Waals surface area contributed by atoms with E-state index in [0.29, 0.717) is 36.5 Å². The van der Waals surface area contributed by atoms with Gasteiger partial charge in [0.15, 0.2) is 11.2 Å². The second kappa shape index (κ2) is 7.44. The van der Waals surface area contributed by atoms with Gasteiger partial charge in [-0.1, -0.05) is 0 Å². The second-order valence-corrected chi connectivity index (χ2v) is 8.86. The van der Waals surface area contributed by atoms with Crippen molar-refractivity contribution in [3.05, 3.63) is 12.2 Å². The molecule has 9 nitrogen and oxygen atoms in total. The van der Waals surface area contributed by atoms with Crippen molar-refractivity contribution in [1.82, 2.24) is 24.4 Å². The zero-order valence-electron chi connectivity index (χ0n) is 17.7. The second-order valence-electron chi connectivity index (χ2n) is 8.86. The fraction of sp³-hybridized carbons (Fsp3) is 0.700. The minimum atomic E-state index is -0.511. The van der Waals surface area contributed by atoms with Gasteiger partial charge in [0.25, 0.3) is 0 Å². The van der Waals surface area contributed by atoms with Crippen LogP contribution in [0.15, 0.2) is 6.33 Å². The van der Waals surface area contributed by atoms with Crippen LogP contribution in [-0.2, 0) is 16.5 Å². The van der Waals surface area contributed by atoms with E-state index in [2.05, 4.69) is 9.97 Å². The van der Waals surface area contributed by atoms with Crippen molar-refractivity contribution in [2.75, 3.05) is 20.2 Å². The minimum Gasteiger partial charge on any atom is -0.471 e. The van der Waals surface area contributed by atoms with Gasteiger partial charge in [-0.05, 0) is 33.6 Å². The van der Waals surface area contributed by atoms with Crippen LogP contribution in [0.2, 0.25) is 0 Å². The number of carbonyl (C=O) groups is 1. The molecule has 1 saturated heterocycles. The normalized spacial score (nSPS) is 24.6. The number of imidazole rings is 1. The molecule has 1 aliphatic carbocycles. The third-order valence-corrected chi connectivity index (χ3v) is 5.53. The largest absolute Gasteiger partial charge is 0.471 e. The first kappa shape index (κ1) is 19.9. The molecule has 0 unspecified atom stereocenters. The lowest BCUT2D eigenvalue weighted by molar-refractivity contribution is 0.0231. The first-order valence-corrected chi connectivity index (χ1v) is 10.1. The monoisotopic (exact) mass is 403 g/mol. The predicted molar refractivity (Wildman–Crippen MR) is 106 cm³/mol. The molecule has 1 atom stereocenters. The number of fused-ring (bicyclic) bond motifs is 1. The van der Waals surface area contributed by atoms with Gasteiger partial charge < -0.3 is 23.7 Å². The molecule has 2 aliphatic rings. The summed E-state index contributed by atoms with van der Waals surface area (Å²) in [6, 6.07) is 0. The molecule has 0 spiro atoms. The maximum atomic E-state index is 12.3. The molecule has 158 valence electrons. The number of amides is 1. The summed E-state index contributed by atoms with van der Waals surface area (Å²) in [5.41, 5.74) is 0.914.